The zero-order chi connectivity index (χ0) is 20.5. The number of hydrogen-bond acceptors (Lipinski definition) is 2. The number of amides is 2. The minimum Gasteiger partial charge on any atom is -0.388 e. The quantitative estimate of drug-likeness (QED) is 0.534. The van der Waals surface area contributed by atoms with E-state index in [4.69, 9.17) is 0 Å². The van der Waals surface area contributed by atoms with Crippen LogP contribution in [-0.2, 0) is 6.42 Å². The van der Waals surface area contributed by atoms with Crippen LogP contribution in [-0.4, -0.2) is 23.3 Å². The van der Waals surface area contributed by atoms with E-state index >= 15 is 0 Å². The molecule has 0 bridgehead atoms. The molecule has 3 aromatic carbocycles. The molecule has 3 aromatic rings. The molecule has 0 aliphatic rings. The number of aliphatic hydroxyl groups is 1. The van der Waals surface area contributed by atoms with Gasteiger partial charge in [0.05, 0.1) is 11.6 Å². The zero-order valence-corrected chi connectivity index (χ0v) is 16.7. The van der Waals surface area contributed by atoms with Crippen LogP contribution in [0.5, 0.6) is 0 Å². The fourth-order valence-electron chi connectivity index (χ4n) is 3.25. The smallest absolute Gasteiger partial charge is 0.315 e. The number of rotatable bonds is 8. The number of urea groups is 1. The first-order chi connectivity index (χ1) is 14.0. The molecule has 1 atom stereocenters. The van der Waals surface area contributed by atoms with E-state index in [2.05, 4.69) is 10.6 Å². The van der Waals surface area contributed by atoms with Crippen molar-refractivity contribution in [1.29, 1.82) is 0 Å². The Bertz CT molecular complexity index is 841. The standard InChI is InChI=1S/C25H28N2O2/c1-25(29,18-17-20-11-5-2-6-12-20)19-26-24(28)27-23(21-13-7-3-8-14-21)22-15-9-4-10-16-22/h2-16,23,29H,17-19H2,1H3,(H2,26,27,28). The van der Waals surface area contributed by atoms with Gasteiger partial charge in [-0.25, -0.2) is 4.79 Å². The Labute approximate surface area is 172 Å². The number of benzene rings is 3. The summed E-state index contributed by atoms with van der Waals surface area (Å²) in [7, 11) is 0. The highest BCUT2D eigenvalue weighted by molar-refractivity contribution is 5.75. The third kappa shape index (κ3) is 6.47. The van der Waals surface area contributed by atoms with Crippen molar-refractivity contribution >= 4 is 6.03 Å². The van der Waals surface area contributed by atoms with Crippen LogP contribution in [0.1, 0.15) is 36.1 Å². The number of carbonyl (C=O) groups is 1. The molecule has 3 rings (SSSR count). The van der Waals surface area contributed by atoms with Crippen molar-refractivity contribution in [3.05, 3.63) is 108 Å². The Hall–Kier alpha value is -3.11. The zero-order valence-electron chi connectivity index (χ0n) is 16.7. The summed E-state index contributed by atoms with van der Waals surface area (Å²) in [5.74, 6) is 0. The van der Waals surface area contributed by atoms with Gasteiger partial charge in [0.25, 0.3) is 0 Å². The molecule has 0 spiro atoms. The van der Waals surface area contributed by atoms with Gasteiger partial charge in [0.1, 0.15) is 0 Å². The monoisotopic (exact) mass is 388 g/mol. The molecule has 3 N–H and O–H groups in total. The maximum atomic E-state index is 12.6. The van der Waals surface area contributed by atoms with E-state index in [0.717, 1.165) is 17.5 Å². The molecule has 150 valence electrons. The van der Waals surface area contributed by atoms with Crippen LogP contribution >= 0.6 is 0 Å². The Morgan fingerprint density at radius 3 is 1.86 bits per heavy atom. The molecule has 0 radical (unpaired) electrons. The first-order valence-electron chi connectivity index (χ1n) is 9.94. The van der Waals surface area contributed by atoms with Crippen LogP contribution in [0.25, 0.3) is 0 Å². The summed E-state index contributed by atoms with van der Waals surface area (Å²) in [6.07, 6.45) is 1.33. The molecule has 2 amide bonds. The van der Waals surface area contributed by atoms with Crippen LogP contribution in [0, 0.1) is 0 Å². The highest BCUT2D eigenvalue weighted by Gasteiger charge is 2.22. The fraction of sp³-hybridized carbons (Fsp3) is 0.240. The van der Waals surface area contributed by atoms with Gasteiger partial charge < -0.3 is 15.7 Å². The number of aryl methyl sites for hydroxylation is 1. The van der Waals surface area contributed by atoms with E-state index in [-0.39, 0.29) is 18.6 Å². The van der Waals surface area contributed by atoms with Crippen LogP contribution in [0.15, 0.2) is 91.0 Å². The van der Waals surface area contributed by atoms with Gasteiger partial charge in [0.2, 0.25) is 0 Å². The third-order valence-corrected chi connectivity index (χ3v) is 4.97. The normalized spacial score (nSPS) is 12.9. The van der Waals surface area contributed by atoms with Gasteiger partial charge in [-0.1, -0.05) is 91.0 Å². The SMILES string of the molecule is CC(O)(CCc1ccccc1)CNC(=O)NC(c1ccccc1)c1ccccc1. The van der Waals surface area contributed by atoms with Gasteiger partial charge in [-0.2, -0.15) is 0 Å². The van der Waals surface area contributed by atoms with Crippen LogP contribution < -0.4 is 10.6 Å². The first-order valence-corrected chi connectivity index (χ1v) is 9.94. The highest BCUT2D eigenvalue weighted by atomic mass is 16.3. The average Bonchev–Trinajstić information content (AvgIpc) is 2.77. The van der Waals surface area contributed by atoms with Gasteiger partial charge in [-0.15, -0.1) is 0 Å². The largest absolute Gasteiger partial charge is 0.388 e. The van der Waals surface area contributed by atoms with Gasteiger partial charge in [0, 0.05) is 6.54 Å². The topological polar surface area (TPSA) is 61.4 Å². The van der Waals surface area contributed by atoms with E-state index in [9.17, 15) is 9.90 Å². The number of nitrogens with one attached hydrogen (secondary N) is 2. The van der Waals surface area contributed by atoms with Gasteiger partial charge in [-0.05, 0) is 36.5 Å². The Morgan fingerprint density at radius 1 is 0.862 bits per heavy atom. The second-order valence-corrected chi connectivity index (χ2v) is 7.56. The van der Waals surface area contributed by atoms with E-state index in [0.29, 0.717) is 6.42 Å². The van der Waals surface area contributed by atoms with Gasteiger partial charge >= 0.3 is 6.03 Å². The molecular weight excluding hydrogens is 360 g/mol. The van der Waals surface area contributed by atoms with E-state index in [1.165, 1.54) is 5.56 Å². The summed E-state index contributed by atoms with van der Waals surface area (Å²) in [5, 5.41) is 16.5. The Morgan fingerprint density at radius 2 is 1.34 bits per heavy atom. The van der Waals surface area contributed by atoms with Crippen molar-refractivity contribution in [2.45, 2.75) is 31.4 Å². The van der Waals surface area contributed by atoms with Crippen molar-refractivity contribution in [2.75, 3.05) is 6.54 Å². The fourth-order valence-corrected chi connectivity index (χ4v) is 3.25. The summed E-state index contributed by atoms with van der Waals surface area (Å²) in [6, 6.07) is 29.2. The molecular formula is C25H28N2O2. The maximum Gasteiger partial charge on any atom is 0.315 e. The lowest BCUT2D eigenvalue weighted by Crippen LogP contribution is -2.46. The summed E-state index contributed by atoms with van der Waals surface area (Å²) < 4.78 is 0. The maximum absolute atomic E-state index is 12.6. The first kappa shape index (κ1) is 20.6. The minimum absolute atomic E-state index is 0.183. The van der Waals surface area contributed by atoms with E-state index < -0.39 is 5.60 Å². The lowest BCUT2D eigenvalue weighted by molar-refractivity contribution is 0.0533. The molecule has 0 fully saturated rings. The lowest BCUT2D eigenvalue weighted by atomic mass is 9.96. The van der Waals surface area contributed by atoms with Crippen LogP contribution in [0.4, 0.5) is 4.79 Å². The molecule has 0 heterocycles. The molecule has 0 saturated carbocycles. The van der Waals surface area contributed by atoms with Crippen molar-refractivity contribution in [2.24, 2.45) is 0 Å². The minimum atomic E-state index is -0.984. The summed E-state index contributed by atoms with van der Waals surface area (Å²) in [4.78, 5) is 12.6. The van der Waals surface area contributed by atoms with Crippen LogP contribution in [0.3, 0.4) is 0 Å². The molecule has 1 unspecified atom stereocenters. The van der Waals surface area contributed by atoms with Crippen molar-refractivity contribution in [3.63, 3.8) is 0 Å². The molecule has 4 nitrogen and oxygen atoms in total. The highest BCUT2D eigenvalue weighted by Crippen LogP contribution is 2.21. The van der Waals surface area contributed by atoms with Gasteiger partial charge in [-0.3, -0.25) is 0 Å². The Balaban J connectivity index is 1.58. The second-order valence-electron chi connectivity index (χ2n) is 7.56. The molecule has 0 saturated heterocycles. The molecule has 29 heavy (non-hydrogen) atoms. The van der Waals surface area contributed by atoms with Crippen LogP contribution in [0.2, 0.25) is 0 Å². The Kier molecular flexibility index (Phi) is 7.04. The summed E-state index contributed by atoms with van der Waals surface area (Å²) >= 11 is 0. The van der Waals surface area contributed by atoms with Crippen molar-refractivity contribution < 1.29 is 9.90 Å². The van der Waals surface area contributed by atoms with Crippen molar-refractivity contribution in [1.82, 2.24) is 10.6 Å². The number of hydrogen-bond donors (Lipinski definition) is 3. The van der Waals surface area contributed by atoms with Crippen molar-refractivity contribution in [3.8, 4) is 0 Å². The second kappa shape index (κ2) is 9.89. The predicted octanol–water partition coefficient (Wildman–Crippen LogP) is 4.46. The van der Waals surface area contributed by atoms with Gasteiger partial charge in [0.15, 0.2) is 0 Å². The molecule has 4 heteroatoms. The predicted molar refractivity (Wildman–Crippen MR) is 117 cm³/mol. The summed E-state index contributed by atoms with van der Waals surface area (Å²) in [6.45, 7) is 1.93. The third-order valence-electron chi connectivity index (χ3n) is 4.97. The number of carbonyl (C=O) groups excluding carboxylic acids is 1. The summed E-state index contributed by atoms with van der Waals surface area (Å²) in [5.41, 5.74) is 2.20. The lowest BCUT2D eigenvalue weighted by Gasteiger charge is -2.25. The molecule has 0 aliphatic carbocycles. The molecule has 0 aromatic heterocycles. The van der Waals surface area contributed by atoms with E-state index in [1.807, 2.05) is 91.0 Å². The molecule has 0 aliphatic heterocycles. The van der Waals surface area contributed by atoms with E-state index in [1.54, 1.807) is 6.92 Å². The average molecular weight is 389 g/mol.